The summed E-state index contributed by atoms with van der Waals surface area (Å²) in [5, 5.41) is 4.62. The molecule has 0 saturated carbocycles. The number of nitrogens with one attached hydrogen (secondary N) is 2. The van der Waals surface area contributed by atoms with Gasteiger partial charge in [-0.1, -0.05) is 35.9 Å². The third-order valence-corrected chi connectivity index (χ3v) is 4.18. The SMILES string of the molecule is Cc1ccccc1CNC(=O)c1[nH]c2ccc(Cl)cc2c1C. The number of benzene rings is 2. The van der Waals surface area contributed by atoms with Gasteiger partial charge in [-0.15, -0.1) is 0 Å². The Morgan fingerprint density at radius 1 is 1.18 bits per heavy atom. The molecule has 1 amide bonds. The highest BCUT2D eigenvalue weighted by Gasteiger charge is 2.14. The average Bonchev–Trinajstić information content (AvgIpc) is 2.83. The van der Waals surface area contributed by atoms with E-state index in [1.165, 1.54) is 5.56 Å². The van der Waals surface area contributed by atoms with E-state index >= 15 is 0 Å². The minimum atomic E-state index is -0.104. The summed E-state index contributed by atoms with van der Waals surface area (Å²) >= 11 is 6.02. The zero-order chi connectivity index (χ0) is 15.7. The van der Waals surface area contributed by atoms with Crippen molar-refractivity contribution in [3.8, 4) is 0 Å². The molecule has 1 aromatic heterocycles. The average molecular weight is 313 g/mol. The molecule has 0 aliphatic carbocycles. The van der Waals surface area contributed by atoms with Crippen molar-refractivity contribution in [1.29, 1.82) is 0 Å². The predicted molar refractivity (Wildman–Crippen MR) is 90.4 cm³/mol. The van der Waals surface area contributed by atoms with E-state index in [1.807, 2.05) is 56.3 Å². The highest BCUT2D eigenvalue weighted by Crippen LogP contribution is 2.25. The van der Waals surface area contributed by atoms with Crippen molar-refractivity contribution < 1.29 is 4.79 Å². The summed E-state index contributed by atoms with van der Waals surface area (Å²) in [5.41, 5.74) is 4.71. The quantitative estimate of drug-likeness (QED) is 0.741. The lowest BCUT2D eigenvalue weighted by atomic mass is 10.1. The van der Waals surface area contributed by atoms with Crippen molar-refractivity contribution >= 4 is 28.4 Å². The Hall–Kier alpha value is -2.26. The molecule has 0 aliphatic heterocycles. The topological polar surface area (TPSA) is 44.9 Å². The second kappa shape index (κ2) is 5.85. The van der Waals surface area contributed by atoms with E-state index in [-0.39, 0.29) is 5.91 Å². The first-order valence-electron chi connectivity index (χ1n) is 7.17. The van der Waals surface area contributed by atoms with Crippen LogP contribution in [0.4, 0.5) is 0 Å². The van der Waals surface area contributed by atoms with Crippen LogP contribution in [0.15, 0.2) is 42.5 Å². The number of aromatic nitrogens is 1. The molecule has 0 aliphatic rings. The van der Waals surface area contributed by atoms with Crippen LogP contribution in [0.2, 0.25) is 5.02 Å². The number of amides is 1. The fourth-order valence-corrected chi connectivity index (χ4v) is 2.77. The lowest BCUT2D eigenvalue weighted by Gasteiger charge is -2.07. The van der Waals surface area contributed by atoms with Gasteiger partial charge in [0, 0.05) is 22.5 Å². The lowest BCUT2D eigenvalue weighted by Crippen LogP contribution is -2.24. The van der Waals surface area contributed by atoms with Gasteiger partial charge in [0.15, 0.2) is 0 Å². The van der Waals surface area contributed by atoms with Crippen LogP contribution < -0.4 is 5.32 Å². The summed E-state index contributed by atoms with van der Waals surface area (Å²) in [6.07, 6.45) is 0. The van der Waals surface area contributed by atoms with Crippen LogP contribution in [0.25, 0.3) is 10.9 Å². The van der Waals surface area contributed by atoms with Crippen LogP contribution in [0.5, 0.6) is 0 Å². The molecule has 3 nitrogen and oxygen atoms in total. The summed E-state index contributed by atoms with van der Waals surface area (Å²) in [4.78, 5) is 15.6. The number of carbonyl (C=O) groups excluding carboxylic acids is 1. The van der Waals surface area contributed by atoms with Gasteiger partial charge in [-0.3, -0.25) is 4.79 Å². The first-order chi connectivity index (χ1) is 10.6. The van der Waals surface area contributed by atoms with Gasteiger partial charge in [0.25, 0.3) is 5.91 Å². The maximum Gasteiger partial charge on any atom is 0.268 e. The van der Waals surface area contributed by atoms with Crippen molar-refractivity contribution in [2.45, 2.75) is 20.4 Å². The van der Waals surface area contributed by atoms with E-state index in [0.717, 1.165) is 22.0 Å². The molecule has 4 heteroatoms. The summed E-state index contributed by atoms with van der Waals surface area (Å²) in [6.45, 7) is 4.48. The Morgan fingerprint density at radius 2 is 1.95 bits per heavy atom. The fraction of sp³-hybridized carbons (Fsp3) is 0.167. The molecule has 22 heavy (non-hydrogen) atoms. The van der Waals surface area contributed by atoms with Crippen LogP contribution in [-0.4, -0.2) is 10.9 Å². The van der Waals surface area contributed by atoms with Crippen molar-refractivity contribution in [2.75, 3.05) is 0 Å². The number of carbonyl (C=O) groups is 1. The highest BCUT2D eigenvalue weighted by molar-refractivity contribution is 6.31. The van der Waals surface area contributed by atoms with E-state index in [1.54, 1.807) is 0 Å². The molecule has 1 heterocycles. The standard InChI is InChI=1S/C18H17ClN2O/c1-11-5-3-4-6-13(11)10-20-18(22)17-12(2)15-9-14(19)7-8-16(15)21-17/h3-9,21H,10H2,1-2H3,(H,20,22). The van der Waals surface area contributed by atoms with E-state index in [0.29, 0.717) is 17.3 Å². The molecule has 112 valence electrons. The van der Waals surface area contributed by atoms with Crippen molar-refractivity contribution in [3.63, 3.8) is 0 Å². The van der Waals surface area contributed by atoms with Gasteiger partial charge in [-0.25, -0.2) is 0 Å². The number of aryl methyl sites for hydroxylation is 2. The number of halogens is 1. The van der Waals surface area contributed by atoms with Crippen LogP contribution in [0.1, 0.15) is 27.2 Å². The molecule has 0 radical (unpaired) electrons. The number of H-pyrrole nitrogens is 1. The molecule has 0 atom stereocenters. The number of hydrogen-bond acceptors (Lipinski definition) is 1. The Morgan fingerprint density at radius 3 is 2.73 bits per heavy atom. The molecule has 3 rings (SSSR count). The van der Waals surface area contributed by atoms with E-state index in [4.69, 9.17) is 11.6 Å². The number of fused-ring (bicyclic) bond motifs is 1. The molecule has 2 aromatic carbocycles. The molecule has 3 aromatic rings. The second-order valence-corrected chi connectivity index (χ2v) is 5.86. The Labute approximate surface area is 134 Å². The fourth-order valence-electron chi connectivity index (χ4n) is 2.60. The third-order valence-electron chi connectivity index (χ3n) is 3.95. The highest BCUT2D eigenvalue weighted by atomic mass is 35.5. The number of aromatic amines is 1. The molecule has 0 unspecified atom stereocenters. The Bertz CT molecular complexity index is 851. The first kappa shape index (κ1) is 14.7. The molecule has 0 spiro atoms. The van der Waals surface area contributed by atoms with Crippen molar-refractivity contribution in [1.82, 2.24) is 10.3 Å². The third kappa shape index (κ3) is 2.72. The van der Waals surface area contributed by atoms with Gasteiger partial charge in [0.1, 0.15) is 5.69 Å². The van der Waals surface area contributed by atoms with E-state index < -0.39 is 0 Å². The van der Waals surface area contributed by atoms with Crippen LogP contribution in [-0.2, 0) is 6.54 Å². The first-order valence-corrected chi connectivity index (χ1v) is 7.54. The summed E-state index contributed by atoms with van der Waals surface area (Å²) < 4.78 is 0. The van der Waals surface area contributed by atoms with Gasteiger partial charge >= 0.3 is 0 Å². The summed E-state index contributed by atoms with van der Waals surface area (Å²) in [5.74, 6) is -0.104. The second-order valence-electron chi connectivity index (χ2n) is 5.42. The smallest absolute Gasteiger partial charge is 0.268 e. The Kier molecular flexibility index (Phi) is 3.90. The molecular weight excluding hydrogens is 296 g/mol. The summed E-state index contributed by atoms with van der Waals surface area (Å²) in [7, 11) is 0. The lowest BCUT2D eigenvalue weighted by molar-refractivity contribution is 0.0946. The molecular formula is C18H17ClN2O. The monoisotopic (exact) mass is 312 g/mol. The number of hydrogen-bond donors (Lipinski definition) is 2. The van der Waals surface area contributed by atoms with Gasteiger partial charge in [0.05, 0.1) is 0 Å². The van der Waals surface area contributed by atoms with E-state index in [9.17, 15) is 4.79 Å². The number of rotatable bonds is 3. The van der Waals surface area contributed by atoms with Gasteiger partial charge in [-0.05, 0) is 48.7 Å². The molecule has 0 saturated heterocycles. The Balaban J connectivity index is 1.83. The largest absolute Gasteiger partial charge is 0.350 e. The maximum atomic E-state index is 12.4. The van der Waals surface area contributed by atoms with Crippen LogP contribution >= 0.6 is 11.6 Å². The molecule has 0 fully saturated rings. The zero-order valence-corrected chi connectivity index (χ0v) is 13.3. The van der Waals surface area contributed by atoms with Gasteiger partial charge in [0.2, 0.25) is 0 Å². The maximum absolute atomic E-state index is 12.4. The normalized spacial score (nSPS) is 10.9. The van der Waals surface area contributed by atoms with Crippen molar-refractivity contribution in [3.05, 3.63) is 69.9 Å². The van der Waals surface area contributed by atoms with Crippen LogP contribution in [0, 0.1) is 13.8 Å². The summed E-state index contributed by atoms with van der Waals surface area (Å²) in [6, 6.07) is 13.6. The predicted octanol–water partition coefficient (Wildman–Crippen LogP) is 4.37. The van der Waals surface area contributed by atoms with Crippen LogP contribution in [0.3, 0.4) is 0 Å². The van der Waals surface area contributed by atoms with Gasteiger partial charge in [-0.2, -0.15) is 0 Å². The van der Waals surface area contributed by atoms with Gasteiger partial charge < -0.3 is 10.3 Å². The molecule has 2 N–H and O–H groups in total. The van der Waals surface area contributed by atoms with Crippen molar-refractivity contribution in [2.24, 2.45) is 0 Å². The minimum absolute atomic E-state index is 0.104. The minimum Gasteiger partial charge on any atom is -0.350 e. The van der Waals surface area contributed by atoms with E-state index in [2.05, 4.69) is 10.3 Å². The zero-order valence-electron chi connectivity index (χ0n) is 12.5. The molecule has 0 bridgehead atoms.